The van der Waals surface area contributed by atoms with Gasteiger partial charge in [0.2, 0.25) is 5.16 Å². The van der Waals surface area contributed by atoms with Crippen LogP contribution in [-0.4, -0.2) is 31.1 Å². The summed E-state index contributed by atoms with van der Waals surface area (Å²) in [5, 5.41) is 5.22. The van der Waals surface area contributed by atoms with Crippen LogP contribution in [-0.2, 0) is 6.42 Å². The minimum atomic E-state index is 0.140. The number of ketones is 1. The van der Waals surface area contributed by atoms with Crippen molar-refractivity contribution < 1.29 is 4.79 Å². The van der Waals surface area contributed by atoms with Gasteiger partial charge in [-0.25, -0.2) is 9.50 Å². The van der Waals surface area contributed by atoms with Crippen molar-refractivity contribution in [3.8, 4) is 0 Å². The molecule has 0 unspecified atom stereocenters. The highest BCUT2D eigenvalue weighted by Crippen LogP contribution is 2.32. The lowest BCUT2D eigenvalue weighted by atomic mass is 9.82. The van der Waals surface area contributed by atoms with Crippen molar-refractivity contribution in [1.82, 2.24) is 19.6 Å². The highest BCUT2D eigenvalue weighted by atomic mass is 32.2. The number of Topliss-reactive ketones (excluding diaryl/α,β-unsaturated/α-hetero) is 1. The third kappa shape index (κ3) is 3.90. The number of carbonyl (C=O) groups is 1. The van der Waals surface area contributed by atoms with E-state index >= 15 is 0 Å². The van der Waals surface area contributed by atoms with E-state index in [1.807, 2.05) is 6.20 Å². The molecule has 2 aromatic heterocycles. The molecule has 1 atom stereocenters. The number of fused-ring (bicyclic) bond motifs is 2. The van der Waals surface area contributed by atoms with Gasteiger partial charge in [0.25, 0.3) is 5.78 Å². The number of aromatic nitrogens is 4. The largest absolute Gasteiger partial charge is 0.294 e. The highest BCUT2D eigenvalue weighted by Gasteiger charge is 2.28. The lowest BCUT2D eigenvalue weighted by molar-refractivity contribution is 0.0962. The fraction of sp³-hybridized carbons (Fsp3) is 0.429. The Bertz CT molecular complexity index is 995. The molecular weight excluding hydrogens is 356 g/mol. The van der Waals surface area contributed by atoms with Gasteiger partial charge < -0.3 is 0 Å². The summed E-state index contributed by atoms with van der Waals surface area (Å²) >= 11 is 1.65. The average Bonchev–Trinajstić information content (AvgIpc) is 3.01. The number of hydrogen-bond donors (Lipinski definition) is 0. The van der Waals surface area contributed by atoms with Crippen molar-refractivity contribution in [2.75, 3.05) is 5.75 Å². The number of hydrogen-bond acceptors (Lipinski definition) is 5. The van der Waals surface area contributed by atoms with Gasteiger partial charge in [-0.3, -0.25) is 4.79 Å². The van der Waals surface area contributed by atoms with Crippen molar-refractivity contribution in [2.45, 2.75) is 51.1 Å². The molecule has 2 heterocycles. The van der Waals surface area contributed by atoms with Gasteiger partial charge in [0.05, 0.1) is 11.3 Å². The van der Waals surface area contributed by atoms with Crippen LogP contribution >= 0.6 is 11.8 Å². The van der Waals surface area contributed by atoms with E-state index in [2.05, 4.69) is 60.1 Å². The standard InChI is InChI=1S/C21H24N4OS/c1-13(2)7-8-27-21-23-20-22-18-10-16(15-6-4-5-14(3)9-15)11-19(26)17(18)12-25(20)24-21/h4-6,9,12-13,16H,7-8,10-11H2,1-3H3/t16-/m0/s1. The van der Waals surface area contributed by atoms with Crippen LogP contribution in [0.1, 0.15) is 59.8 Å². The van der Waals surface area contributed by atoms with Gasteiger partial charge in [-0.1, -0.05) is 55.4 Å². The molecule has 0 fully saturated rings. The van der Waals surface area contributed by atoms with Crippen LogP contribution in [0.4, 0.5) is 0 Å². The van der Waals surface area contributed by atoms with Gasteiger partial charge in [0.15, 0.2) is 5.78 Å². The molecule has 1 aromatic carbocycles. The van der Waals surface area contributed by atoms with E-state index in [9.17, 15) is 4.79 Å². The monoisotopic (exact) mass is 380 g/mol. The molecule has 5 nitrogen and oxygen atoms in total. The topological polar surface area (TPSA) is 60.2 Å². The van der Waals surface area contributed by atoms with Crippen molar-refractivity contribution in [3.63, 3.8) is 0 Å². The Hall–Kier alpha value is -2.21. The molecule has 0 spiro atoms. The van der Waals surface area contributed by atoms with E-state index < -0.39 is 0 Å². The third-order valence-corrected chi connectivity index (χ3v) is 5.87. The molecule has 0 N–H and O–H groups in total. The number of benzene rings is 1. The zero-order valence-electron chi connectivity index (χ0n) is 16.0. The second kappa shape index (κ2) is 7.43. The molecule has 4 rings (SSSR count). The summed E-state index contributed by atoms with van der Waals surface area (Å²) in [6.07, 6.45) is 4.23. The summed E-state index contributed by atoms with van der Waals surface area (Å²) in [4.78, 5) is 22.0. The fourth-order valence-electron chi connectivity index (χ4n) is 3.47. The first kappa shape index (κ1) is 18.2. The smallest absolute Gasteiger partial charge is 0.253 e. The number of thioether (sulfide) groups is 1. The average molecular weight is 381 g/mol. The van der Waals surface area contributed by atoms with Gasteiger partial charge in [0, 0.05) is 18.4 Å². The molecule has 0 saturated carbocycles. The molecular formula is C21H24N4OS. The van der Waals surface area contributed by atoms with Crippen LogP contribution in [0.15, 0.2) is 35.6 Å². The van der Waals surface area contributed by atoms with Crippen LogP contribution in [0.5, 0.6) is 0 Å². The Morgan fingerprint density at radius 3 is 2.89 bits per heavy atom. The second-order valence-corrected chi connectivity index (χ2v) is 8.78. The van der Waals surface area contributed by atoms with Crippen molar-refractivity contribution in [2.24, 2.45) is 5.92 Å². The summed E-state index contributed by atoms with van der Waals surface area (Å²) in [5.41, 5.74) is 3.96. The molecule has 6 heteroatoms. The summed E-state index contributed by atoms with van der Waals surface area (Å²) in [6.45, 7) is 6.51. The molecule has 1 aliphatic carbocycles. The maximum absolute atomic E-state index is 12.7. The maximum Gasteiger partial charge on any atom is 0.253 e. The summed E-state index contributed by atoms with van der Waals surface area (Å²) in [6, 6.07) is 8.41. The lowest BCUT2D eigenvalue weighted by Gasteiger charge is -2.23. The van der Waals surface area contributed by atoms with Gasteiger partial charge in [0.1, 0.15) is 0 Å². The Labute approximate surface area is 163 Å². The predicted molar refractivity (Wildman–Crippen MR) is 108 cm³/mol. The lowest BCUT2D eigenvalue weighted by Crippen LogP contribution is -2.21. The minimum Gasteiger partial charge on any atom is -0.294 e. The Morgan fingerprint density at radius 2 is 2.11 bits per heavy atom. The van der Waals surface area contributed by atoms with E-state index in [-0.39, 0.29) is 11.7 Å². The SMILES string of the molecule is Cc1cccc([C@@H]2CC(=O)c3cn4nc(SCCC(C)C)nc4nc3C2)c1. The minimum absolute atomic E-state index is 0.140. The van der Waals surface area contributed by atoms with Crippen LogP contribution in [0.3, 0.4) is 0 Å². The zero-order valence-corrected chi connectivity index (χ0v) is 16.8. The van der Waals surface area contributed by atoms with Gasteiger partial charge in [-0.05, 0) is 37.2 Å². The van der Waals surface area contributed by atoms with Crippen molar-refractivity contribution in [1.29, 1.82) is 0 Å². The molecule has 0 radical (unpaired) electrons. The van der Waals surface area contributed by atoms with Crippen LogP contribution in [0, 0.1) is 12.8 Å². The molecule has 3 aromatic rings. The molecule has 0 saturated heterocycles. The number of rotatable bonds is 5. The van der Waals surface area contributed by atoms with Crippen LogP contribution in [0.2, 0.25) is 0 Å². The fourth-order valence-corrected chi connectivity index (χ4v) is 4.53. The first-order valence-electron chi connectivity index (χ1n) is 9.48. The first-order chi connectivity index (χ1) is 13.0. The number of aryl methyl sites for hydroxylation is 1. The first-order valence-corrected chi connectivity index (χ1v) is 10.5. The number of carbonyl (C=O) groups excluding carboxylic acids is 1. The van der Waals surface area contributed by atoms with Crippen LogP contribution < -0.4 is 0 Å². The summed E-state index contributed by atoms with van der Waals surface area (Å²) < 4.78 is 1.65. The van der Waals surface area contributed by atoms with Crippen molar-refractivity contribution in [3.05, 3.63) is 52.8 Å². The van der Waals surface area contributed by atoms with Gasteiger partial charge in [-0.15, -0.1) is 5.10 Å². The van der Waals surface area contributed by atoms with Gasteiger partial charge >= 0.3 is 0 Å². The normalized spacial score (nSPS) is 16.9. The summed E-state index contributed by atoms with van der Waals surface area (Å²) in [5.74, 6) is 2.56. The molecule has 0 bridgehead atoms. The molecule has 0 amide bonds. The molecule has 1 aliphatic rings. The third-order valence-electron chi connectivity index (χ3n) is 5.00. The predicted octanol–water partition coefficient (Wildman–Crippen LogP) is 4.48. The molecule has 0 aliphatic heterocycles. The highest BCUT2D eigenvalue weighted by molar-refractivity contribution is 7.99. The summed E-state index contributed by atoms with van der Waals surface area (Å²) in [7, 11) is 0. The quantitative estimate of drug-likeness (QED) is 0.611. The zero-order chi connectivity index (χ0) is 19.0. The van der Waals surface area contributed by atoms with E-state index in [4.69, 9.17) is 0 Å². The second-order valence-electron chi connectivity index (χ2n) is 7.71. The molecule has 140 valence electrons. The van der Waals surface area contributed by atoms with Gasteiger partial charge in [-0.2, -0.15) is 4.98 Å². The van der Waals surface area contributed by atoms with E-state index in [0.717, 1.165) is 29.4 Å². The van der Waals surface area contributed by atoms with Crippen LogP contribution in [0.25, 0.3) is 5.78 Å². The molecule has 27 heavy (non-hydrogen) atoms. The maximum atomic E-state index is 12.7. The number of nitrogens with zero attached hydrogens (tertiary/aromatic N) is 4. The van der Waals surface area contributed by atoms with E-state index in [1.54, 1.807) is 16.3 Å². The Kier molecular flexibility index (Phi) is 5.00. The van der Waals surface area contributed by atoms with E-state index in [1.165, 1.54) is 11.1 Å². The Balaban J connectivity index is 1.61. The van der Waals surface area contributed by atoms with E-state index in [0.29, 0.717) is 23.7 Å². The Morgan fingerprint density at radius 1 is 1.26 bits per heavy atom. The van der Waals surface area contributed by atoms with Crippen molar-refractivity contribution >= 4 is 23.3 Å².